The fraction of sp³-hybridized carbons (Fsp3) is 0.308. The number of methoxy groups -OCH3 is 1. The van der Waals surface area contributed by atoms with Gasteiger partial charge in [0.25, 0.3) is 0 Å². The van der Waals surface area contributed by atoms with E-state index in [9.17, 15) is 0 Å². The first-order valence-corrected chi connectivity index (χ1v) is 6.11. The predicted octanol–water partition coefficient (Wildman–Crippen LogP) is 3.28. The van der Waals surface area contributed by atoms with Gasteiger partial charge in [-0.1, -0.05) is 6.07 Å². The van der Waals surface area contributed by atoms with Crippen LogP contribution >= 0.6 is 11.6 Å². The molecular formula is C13H15ClN2O. The topological polar surface area (TPSA) is 34.1 Å². The summed E-state index contributed by atoms with van der Waals surface area (Å²) in [6.45, 7) is 0.836. The highest BCUT2D eigenvalue weighted by molar-refractivity contribution is 6.17. The summed E-state index contributed by atoms with van der Waals surface area (Å²) in [7, 11) is 1.67. The minimum absolute atomic E-state index is 0.655. The fourth-order valence-corrected chi connectivity index (χ4v) is 1.84. The molecule has 17 heavy (non-hydrogen) atoms. The average molecular weight is 251 g/mol. The van der Waals surface area contributed by atoms with Gasteiger partial charge in [0.1, 0.15) is 5.75 Å². The molecule has 90 valence electrons. The van der Waals surface area contributed by atoms with Crippen LogP contribution in [0, 0.1) is 0 Å². The molecule has 0 atom stereocenters. The van der Waals surface area contributed by atoms with Crippen LogP contribution in [0.4, 0.5) is 5.69 Å². The van der Waals surface area contributed by atoms with Crippen molar-refractivity contribution in [2.75, 3.05) is 24.9 Å². The van der Waals surface area contributed by atoms with Crippen LogP contribution in [0.15, 0.2) is 30.5 Å². The Morgan fingerprint density at radius 3 is 3.06 bits per heavy atom. The maximum absolute atomic E-state index is 5.66. The zero-order valence-corrected chi connectivity index (χ0v) is 10.5. The third-order valence-corrected chi connectivity index (χ3v) is 2.81. The van der Waals surface area contributed by atoms with E-state index in [1.165, 1.54) is 0 Å². The average Bonchev–Trinajstić information content (AvgIpc) is 2.38. The van der Waals surface area contributed by atoms with E-state index in [0.29, 0.717) is 5.88 Å². The standard InChI is InChI=1S/C13H15ClN2O/c1-17-11-8-10-4-2-6-16-13(10)12(9-11)15-7-3-5-14/h2,4,6,8-9,15H,3,5,7H2,1H3. The molecular weight excluding hydrogens is 236 g/mol. The largest absolute Gasteiger partial charge is 0.497 e. The molecule has 4 heteroatoms. The van der Waals surface area contributed by atoms with Crippen LogP contribution in [0.25, 0.3) is 10.9 Å². The highest BCUT2D eigenvalue weighted by Crippen LogP contribution is 2.27. The molecule has 1 aromatic heterocycles. The highest BCUT2D eigenvalue weighted by atomic mass is 35.5. The summed E-state index contributed by atoms with van der Waals surface area (Å²) in [5, 5.41) is 4.41. The van der Waals surface area contributed by atoms with Crippen molar-refractivity contribution in [2.24, 2.45) is 0 Å². The number of benzene rings is 1. The van der Waals surface area contributed by atoms with Crippen molar-refractivity contribution in [2.45, 2.75) is 6.42 Å². The first-order valence-electron chi connectivity index (χ1n) is 5.58. The van der Waals surface area contributed by atoms with Crippen molar-refractivity contribution < 1.29 is 4.74 Å². The lowest BCUT2D eigenvalue weighted by molar-refractivity contribution is 0.415. The van der Waals surface area contributed by atoms with Gasteiger partial charge >= 0.3 is 0 Å². The van der Waals surface area contributed by atoms with E-state index in [1.807, 2.05) is 24.3 Å². The van der Waals surface area contributed by atoms with Gasteiger partial charge < -0.3 is 10.1 Å². The van der Waals surface area contributed by atoms with Gasteiger partial charge in [-0.2, -0.15) is 0 Å². The molecule has 0 aliphatic carbocycles. The van der Waals surface area contributed by atoms with Crippen molar-refractivity contribution in [1.82, 2.24) is 4.98 Å². The van der Waals surface area contributed by atoms with E-state index in [-0.39, 0.29) is 0 Å². The molecule has 0 saturated carbocycles. The first-order chi connectivity index (χ1) is 8.35. The Hall–Kier alpha value is -1.48. The highest BCUT2D eigenvalue weighted by Gasteiger charge is 2.04. The van der Waals surface area contributed by atoms with E-state index in [4.69, 9.17) is 16.3 Å². The van der Waals surface area contributed by atoms with Gasteiger partial charge in [-0.15, -0.1) is 11.6 Å². The van der Waals surface area contributed by atoms with Crippen LogP contribution in [-0.4, -0.2) is 24.5 Å². The van der Waals surface area contributed by atoms with Crippen molar-refractivity contribution in [3.63, 3.8) is 0 Å². The lowest BCUT2D eigenvalue weighted by Crippen LogP contribution is -2.03. The SMILES string of the molecule is COc1cc(NCCCCl)c2ncccc2c1. The third kappa shape index (κ3) is 2.80. The van der Waals surface area contributed by atoms with Crippen molar-refractivity contribution in [1.29, 1.82) is 0 Å². The number of pyridine rings is 1. The number of hydrogen-bond acceptors (Lipinski definition) is 3. The van der Waals surface area contributed by atoms with Gasteiger partial charge in [0.2, 0.25) is 0 Å². The summed E-state index contributed by atoms with van der Waals surface area (Å²) >= 11 is 5.66. The second kappa shape index (κ2) is 5.73. The quantitative estimate of drug-likeness (QED) is 0.653. The molecule has 0 aliphatic heterocycles. The molecule has 1 aromatic carbocycles. The minimum Gasteiger partial charge on any atom is -0.497 e. The predicted molar refractivity (Wildman–Crippen MR) is 72.1 cm³/mol. The Balaban J connectivity index is 2.36. The van der Waals surface area contributed by atoms with Crippen LogP contribution in [-0.2, 0) is 0 Å². The van der Waals surface area contributed by atoms with Gasteiger partial charge in [0, 0.05) is 30.1 Å². The summed E-state index contributed by atoms with van der Waals surface area (Å²) < 4.78 is 5.28. The zero-order chi connectivity index (χ0) is 12.1. The molecule has 3 nitrogen and oxygen atoms in total. The molecule has 0 aliphatic rings. The second-order valence-corrected chi connectivity index (χ2v) is 4.10. The number of hydrogen-bond donors (Lipinski definition) is 1. The van der Waals surface area contributed by atoms with Crippen molar-refractivity contribution in [3.8, 4) is 5.75 Å². The molecule has 0 spiro atoms. The number of ether oxygens (including phenoxy) is 1. The number of nitrogens with one attached hydrogen (secondary N) is 1. The number of aromatic nitrogens is 1. The summed E-state index contributed by atoms with van der Waals surface area (Å²) in [5.74, 6) is 1.49. The van der Waals surface area contributed by atoms with Gasteiger partial charge in [-0.05, 0) is 18.6 Å². The number of alkyl halides is 1. The lowest BCUT2D eigenvalue weighted by Gasteiger charge is -2.10. The van der Waals surface area contributed by atoms with Crippen LogP contribution < -0.4 is 10.1 Å². The molecule has 1 N–H and O–H groups in total. The normalized spacial score (nSPS) is 10.5. The maximum atomic E-state index is 5.66. The molecule has 0 bridgehead atoms. The van der Waals surface area contributed by atoms with Crippen molar-refractivity contribution >= 4 is 28.2 Å². The number of anilines is 1. The molecule has 0 fully saturated rings. The van der Waals surface area contributed by atoms with Crippen LogP contribution in [0.3, 0.4) is 0 Å². The molecule has 0 radical (unpaired) electrons. The smallest absolute Gasteiger partial charge is 0.121 e. The number of fused-ring (bicyclic) bond motifs is 1. The molecule has 2 aromatic rings. The fourth-order valence-electron chi connectivity index (χ4n) is 1.71. The molecule has 0 saturated heterocycles. The number of nitrogens with zero attached hydrogens (tertiary/aromatic N) is 1. The Labute approximate surface area is 106 Å². The molecule has 2 rings (SSSR count). The monoisotopic (exact) mass is 250 g/mol. The van der Waals surface area contributed by atoms with Gasteiger partial charge in [0.15, 0.2) is 0 Å². The summed E-state index contributed by atoms with van der Waals surface area (Å²) in [4.78, 5) is 4.38. The number of rotatable bonds is 5. The van der Waals surface area contributed by atoms with E-state index in [1.54, 1.807) is 13.3 Å². The van der Waals surface area contributed by atoms with Gasteiger partial charge in [-0.25, -0.2) is 0 Å². The van der Waals surface area contributed by atoms with Gasteiger partial charge in [0.05, 0.1) is 18.3 Å². The summed E-state index contributed by atoms with van der Waals surface area (Å²) in [6.07, 6.45) is 2.72. The summed E-state index contributed by atoms with van der Waals surface area (Å²) in [6, 6.07) is 7.89. The van der Waals surface area contributed by atoms with Crippen LogP contribution in [0.2, 0.25) is 0 Å². The molecule has 0 unspecified atom stereocenters. The Bertz CT molecular complexity index is 502. The molecule has 0 amide bonds. The maximum Gasteiger partial charge on any atom is 0.121 e. The van der Waals surface area contributed by atoms with Crippen molar-refractivity contribution in [3.05, 3.63) is 30.5 Å². The zero-order valence-electron chi connectivity index (χ0n) is 9.74. The number of halogens is 1. The van der Waals surface area contributed by atoms with E-state index < -0.39 is 0 Å². The van der Waals surface area contributed by atoms with Crippen LogP contribution in [0.1, 0.15) is 6.42 Å². The third-order valence-electron chi connectivity index (χ3n) is 2.54. The van der Waals surface area contributed by atoms with E-state index >= 15 is 0 Å². The Morgan fingerprint density at radius 2 is 2.29 bits per heavy atom. The van der Waals surface area contributed by atoms with E-state index in [0.717, 1.165) is 35.3 Å². The molecule has 1 heterocycles. The van der Waals surface area contributed by atoms with Crippen LogP contribution in [0.5, 0.6) is 5.75 Å². The van der Waals surface area contributed by atoms with Gasteiger partial charge in [-0.3, -0.25) is 4.98 Å². The Morgan fingerprint density at radius 1 is 1.41 bits per heavy atom. The summed E-state index contributed by atoms with van der Waals surface area (Å²) in [5.41, 5.74) is 1.95. The minimum atomic E-state index is 0.655. The Kier molecular flexibility index (Phi) is 4.04. The first kappa shape index (κ1) is 12.0. The van der Waals surface area contributed by atoms with E-state index in [2.05, 4.69) is 10.3 Å². The second-order valence-electron chi connectivity index (χ2n) is 3.72. The lowest BCUT2D eigenvalue weighted by atomic mass is 10.1.